The Morgan fingerprint density at radius 3 is 3.00 bits per heavy atom. The lowest BCUT2D eigenvalue weighted by molar-refractivity contribution is 0.0960. The van der Waals surface area contributed by atoms with Crippen molar-refractivity contribution in [2.45, 2.75) is 25.4 Å². The van der Waals surface area contributed by atoms with Gasteiger partial charge in [-0.25, -0.2) is 0 Å². The molecule has 1 aromatic carbocycles. The molecule has 0 radical (unpaired) electrons. The summed E-state index contributed by atoms with van der Waals surface area (Å²) in [5, 5.41) is 6.23. The fourth-order valence-electron chi connectivity index (χ4n) is 2.96. The summed E-state index contributed by atoms with van der Waals surface area (Å²) in [5.74, 6) is -0.507. The van der Waals surface area contributed by atoms with Gasteiger partial charge in [-0.2, -0.15) is 4.98 Å². The molecule has 8 nitrogen and oxygen atoms in total. The van der Waals surface area contributed by atoms with E-state index in [4.69, 9.17) is 10.3 Å². The molecule has 126 valence electrons. The van der Waals surface area contributed by atoms with Crippen LogP contribution in [0.25, 0.3) is 0 Å². The van der Waals surface area contributed by atoms with Crippen LogP contribution in [0, 0.1) is 0 Å². The predicted molar refractivity (Wildman–Crippen MR) is 85.0 cm³/mol. The van der Waals surface area contributed by atoms with Crippen molar-refractivity contribution in [3.05, 3.63) is 47.1 Å². The van der Waals surface area contributed by atoms with Crippen LogP contribution < -0.4 is 11.1 Å². The van der Waals surface area contributed by atoms with E-state index in [1.807, 2.05) is 18.2 Å². The minimum absolute atomic E-state index is 0.0470. The zero-order chi connectivity index (χ0) is 17.1. The van der Waals surface area contributed by atoms with Crippen molar-refractivity contribution in [2.75, 3.05) is 13.6 Å². The van der Waals surface area contributed by atoms with E-state index in [-0.39, 0.29) is 17.8 Å². The summed E-state index contributed by atoms with van der Waals surface area (Å²) in [6.07, 6.45) is 1.86. The van der Waals surface area contributed by atoms with Crippen LogP contribution in [0.3, 0.4) is 0 Å². The van der Waals surface area contributed by atoms with Crippen molar-refractivity contribution in [3.63, 3.8) is 0 Å². The molecule has 0 saturated carbocycles. The normalized spacial score (nSPS) is 17.8. The summed E-state index contributed by atoms with van der Waals surface area (Å²) in [6, 6.07) is 7.44. The van der Waals surface area contributed by atoms with Gasteiger partial charge in [-0.15, -0.1) is 0 Å². The van der Waals surface area contributed by atoms with E-state index in [9.17, 15) is 9.59 Å². The maximum absolute atomic E-state index is 11.8. The molecular weight excluding hydrogens is 310 g/mol. The first kappa shape index (κ1) is 16.1. The zero-order valence-corrected chi connectivity index (χ0v) is 13.4. The first-order chi connectivity index (χ1) is 11.6. The Balaban J connectivity index is 1.76. The van der Waals surface area contributed by atoms with Crippen molar-refractivity contribution in [1.82, 2.24) is 20.4 Å². The molecule has 2 aromatic rings. The number of rotatable bonds is 5. The molecule has 8 heteroatoms. The standard InChI is InChI=1S/C16H19N5O3/c1-18-15(23)11-5-2-4-10(8-11)9-21-7-3-6-12(21)16-19-14(13(17)22)20-24-16/h2,4-5,8,12H,3,6-7,9H2,1H3,(H2,17,22)(H,18,23). The average molecular weight is 329 g/mol. The van der Waals surface area contributed by atoms with E-state index >= 15 is 0 Å². The number of primary amides is 1. The molecule has 1 aromatic heterocycles. The van der Waals surface area contributed by atoms with Gasteiger partial charge in [-0.1, -0.05) is 17.3 Å². The SMILES string of the molecule is CNC(=O)c1cccc(CN2CCCC2c2nc(C(N)=O)no2)c1. The van der Waals surface area contributed by atoms with Crippen LogP contribution in [-0.2, 0) is 6.54 Å². The molecule has 3 N–H and O–H groups in total. The molecule has 2 heterocycles. The van der Waals surface area contributed by atoms with Crippen LogP contribution in [0.1, 0.15) is 51.3 Å². The van der Waals surface area contributed by atoms with E-state index < -0.39 is 5.91 Å². The van der Waals surface area contributed by atoms with Gasteiger partial charge in [0.15, 0.2) is 0 Å². The third-order valence-corrected chi connectivity index (χ3v) is 4.11. The second-order valence-corrected chi connectivity index (χ2v) is 5.73. The maximum atomic E-state index is 11.8. The highest BCUT2D eigenvalue weighted by atomic mass is 16.5. The molecule has 0 bridgehead atoms. The molecular formula is C16H19N5O3. The monoisotopic (exact) mass is 329 g/mol. The molecule has 1 aliphatic heterocycles. The number of amides is 2. The molecule has 1 saturated heterocycles. The van der Waals surface area contributed by atoms with Gasteiger partial charge in [-0.3, -0.25) is 14.5 Å². The lowest BCUT2D eigenvalue weighted by atomic mass is 10.1. The van der Waals surface area contributed by atoms with E-state index in [0.717, 1.165) is 24.9 Å². The van der Waals surface area contributed by atoms with Gasteiger partial charge in [-0.05, 0) is 37.1 Å². The average Bonchev–Trinajstić information content (AvgIpc) is 3.23. The molecule has 24 heavy (non-hydrogen) atoms. The van der Waals surface area contributed by atoms with Crippen molar-refractivity contribution in [1.29, 1.82) is 0 Å². The Morgan fingerprint density at radius 1 is 1.46 bits per heavy atom. The van der Waals surface area contributed by atoms with Crippen LogP contribution in [0.2, 0.25) is 0 Å². The zero-order valence-electron chi connectivity index (χ0n) is 13.4. The maximum Gasteiger partial charge on any atom is 0.290 e. The molecule has 1 fully saturated rings. The lowest BCUT2D eigenvalue weighted by Crippen LogP contribution is -2.24. The first-order valence-corrected chi connectivity index (χ1v) is 7.77. The number of likely N-dealkylation sites (tertiary alicyclic amines) is 1. The molecule has 1 atom stereocenters. The second-order valence-electron chi connectivity index (χ2n) is 5.73. The van der Waals surface area contributed by atoms with E-state index in [1.54, 1.807) is 13.1 Å². The van der Waals surface area contributed by atoms with Crippen LogP contribution in [0.4, 0.5) is 0 Å². The van der Waals surface area contributed by atoms with Crippen LogP contribution in [-0.4, -0.2) is 40.4 Å². The number of carbonyl (C=O) groups excluding carboxylic acids is 2. The number of nitrogens with zero attached hydrogens (tertiary/aromatic N) is 3. The molecule has 1 unspecified atom stereocenters. The third-order valence-electron chi connectivity index (χ3n) is 4.11. The van der Waals surface area contributed by atoms with Gasteiger partial charge in [0, 0.05) is 19.2 Å². The second kappa shape index (κ2) is 6.79. The fourth-order valence-corrected chi connectivity index (χ4v) is 2.96. The fraction of sp³-hybridized carbons (Fsp3) is 0.375. The predicted octanol–water partition coefficient (Wildman–Crippen LogP) is 0.865. The summed E-state index contributed by atoms with van der Waals surface area (Å²) in [5.41, 5.74) is 6.82. The number of carbonyl (C=O) groups is 2. The van der Waals surface area contributed by atoms with Crippen molar-refractivity contribution < 1.29 is 14.1 Å². The van der Waals surface area contributed by atoms with E-state index in [0.29, 0.717) is 18.0 Å². The van der Waals surface area contributed by atoms with E-state index in [1.165, 1.54) is 0 Å². The van der Waals surface area contributed by atoms with Crippen LogP contribution >= 0.6 is 0 Å². The molecule has 0 spiro atoms. The van der Waals surface area contributed by atoms with Crippen molar-refractivity contribution in [3.8, 4) is 0 Å². The Kier molecular flexibility index (Phi) is 4.57. The highest BCUT2D eigenvalue weighted by Gasteiger charge is 2.31. The number of hydrogen-bond donors (Lipinski definition) is 2. The number of aromatic nitrogens is 2. The van der Waals surface area contributed by atoms with Gasteiger partial charge < -0.3 is 15.6 Å². The largest absolute Gasteiger partial charge is 0.363 e. The molecule has 0 aliphatic carbocycles. The Bertz CT molecular complexity index is 758. The van der Waals surface area contributed by atoms with Gasteiger partial charge in [0.2, 0.25) is 5.89 Å². The molecule has 3 rings (SSSR count). The lowest BCUT2D eigenvalue weighted by Gasteiger charge is -2.21. The van der Waals surface area contributed by atoms with Crippen LogP contribution in [0.5, 0.6) is 0 Å². The Hall–Kier alpha value is -2.74. The highest BCUT2D eigenvalue weighted by Crippen LogP contribution is 2.32. The number of hydrogen-bond acceptors (Lipinski definition) is 6. The van der Waals surface area contributed by atoms with Crippen molar-refractivity contribution in [2.24, 2.45) is 5.73 Å². The van der Waals surface area contributed by atoms with Crippen LogP contribution in [0.15, 0.2) is 28.8 Å². The van der Waals surface area contributed by atoms with Crippen molar-refractivity contribution >= 4 is 11.8 Å². The van der Waals surface area contributed by atoms with Gasteiger partial charge in [0.25, 0.3) is 17.6 Å². The third kappa shape index (κ3) is 3.28. The van der Waals surface area contributed by atoms with Gasteiger partial charge in [0.05, 0.1) is 6.04 Å². The Labute approximate surface area is 139 Å². The quantitative estimate of drug-likeness (QED) is 0.841. The minimum Gasteiger partial charge on any atom is -0.363 e. The summed E-state index contributed by atoms with van der Waals surface area (Å²) in [7, 11) is 1.61. The smallest absolute Gasteiger partial charge is 0.290 e. The van der Waals surface area contributed by atoms with Gasteiger partial charge in [0.1, 0.15) is 0 Å². The topological polar surface area (TPSA) is 114 Å². The number of nitrogens with two attached hydrogens (primary N) is 1. The van der Waals surface area contributed by atoms with E-state index in [2.05, 4.69) is 20.4 Å². The first-order valence-electron chi connectivity index (χ1n) is 7.77. The summed E-state index contributed by atoms with van der Waals surface area (Å²) in [6.45, 7) is 1.53. The molecule has 1 aliphatic rings. The number of nitrogens with one attached hydrogen (secondary N) is 1. The highest BCUT2D eigenvalue weighted by molar-refractivity contribution is 5.94. The summed E-state index contributed by atoms with van der Waals surface area (Å²) >= 11 is 0. The minimum atomic E-state index is -0.701. The summed E-state index contributed by atoms with van der Waals surface area (Å²) in [4.78, 5) is 29.2. The number of benzene rings is 1. The Morgan fingerprint density at radius 2 is 2.29 bits per heavy atom. The van der Waals surface area contributed by atoms with Gasteiger partial charge >= 0.3 is 0 Å². The molecule has 2 amide bonds. The summed E-state index contributed by atoms with van der Waals surface area (Å²) < 4.78 is 5.19.